The summed E-state index contributed by atoms with van der Waals surface area (Å²) in [5, 5.41) is 9.48. The van der Waals surface area contributed by atoms with Crippen molar-refractivity contribution in [3.63, 3.8) is 0 Å². The lowest BCUT2D eigenvalue weighted by Crippen LogP contribution is -2.34. The maximum atomic E-state index is 12.6. The summed E-state index contributed by atoms with van der Waals surface area (Å²) < 4.78 is 17.1. The van der Waals surface area contributed by atoms with Gasteiger partial charge in [-0.2, -0.15) is 0 Å². The molecule has 0 aliphatic rings. The van der Waals surface area contributed by atoms with E-state index in [0.29, 0.717) is 32.0 Å². The second-order valence-electron chi connectivity index (χ2n) is 15.2. The Hall–Kier alpha value is -1.38. The smallest absolute Gasteiger partial charge is 0.465 e. The second kappa shape index (κ2) is 39.3. The number of hydrogen-bond donors (Lipinski definition) is 1. The number of nitrogens with zero attached hydrogens (tertiary/aromatic N) is 2. The summed E-state index contributed by atoms with van der Waals surface area (Å²) >= 11 is 0. The summed E-state index contributed by atoms with van der Waals surface area (Å²) in [6.07, 6.45) is 29.0. The first-order chi connectivity index (χ1) is 25.4. The van der Waals surface area contributed by atoms with Gasteiger partial charge < -0.3 is 24.2 Å². The van der Waals surface area contributed by atoms with Crippen molar-refractivity contribution in [1.29, 1.82) is 0 Å². The van der Waals surface area contributed by atoms with Crippen molar-refractivity contribution in [3.8, 4) is 0 Å². The van der Waals surface area contributed by atoms with Gasteiger partial charge in [-0.15, -0.1) is 0 Å². The average Bonchev–Trinajstić information content (AvgIpc) is 3.14. The number of unbranched alkanes of at least 4 members (excludes halogenated alkanes) is 16. The number of carbonyl (C=O) groups is 2. The van der Waals surface area contributed by atoms with Crippen LogP contribution in [0.25, 0.3) is 0 Å². The molecule has 0 saturated heterocycles. The highest BCUT2D eigenvalue weighted by Crippen LogP contribution is 2.21. The Morgan fingerprint density at radius 3 is 1.54 bits per heavy atom. The quantitative estimate of drug-likeness (QED) is 0.0491. The van der Waals surface area contributed by atoms with Crippen molar-refractivity contribution >= 4 is 12.1 Å². The van der Waals surface area contributed by atoms with E-state index in [1.165, 1.54) is 89.9 Å². The van der Waals surface area contributed by atoms with Gasteiger partial charge >= 0.3 is 12.1 Å². The van der Waals surface area contributed by atoms with E-state index in [2.05, 4.69) is 44.4 Å². The molecule has 0 rings (SSSR count). The number of hydrogen-bond acceptors (Lipinski definition) is 8. The largest absolute Gasteiger partial charge is 0.508 e. The zero-order valence-electron chi connectivity index (χ0n) is 35.3. The molecule has 0 spiro atoms. The van der Waals surface area contributed by atoms with Crippen molar-refractivity contribution in [1.82, 2.24) is 9.80 Å². The third-order valence-electron chi connectivity index (χ3n) is 10.6. The third-order valence-corrected chi connectivity index (χ3v) is 10.6. The summed E-state index contributed by atoms with van der Waals surface area (Å²) in [6, 6.07) is 0. The summed E-state index contributed by atoms with van der Waals surface area (Å²) in [5.41, 5.74) is 0. The van der Waals surface area contributed by atoms with Gasteiger partial charge in [0, 0.05) is 19.5 Å². The van der Waals surface area contributed by atoms with Crippen molar-refractivity contribution < 1.29 is 28.9 Å². The average molecular weight is 741 g/mol. The molecule has 0 radical (unpaired) electrons. The molecule has 0 heterocycles. The van der Waals surface area contributed by atoms with E-state index in [-0.39, 0.29) is 25.3 Å². The van der Waals surface area contributed by atoms with Crippen LogP contribution in [0.5, 0.6) is 0 Å². The number of ether oxygens (including phenoxy) is 3. The van der Waals surface area contributed by atoms with E-state index in [1.54, 1.807) is 0 Å². The Balaban J connectivity index is 4.36. The second-order valence-corrected chi connectivity index (χ2v) is 15.2. The summed E-state index contributed by atoms with van der Waals surface area (Å²) in [5.74, 6) is 0.501. The molecule has 0 aromatic heterocycles. The normalized spacial score (nSPS) is 12.8. The molecule has 0 aromatic rings. The van der Waals surface area contributed by atoms with E-state index in [1.807, 2.05) is 0 Å². The van der Waals surface area contributed by atoms with Gasteiger partial charge in [0.2, 0.25) is 0 Å². The number of aliphatic hydroxyl groups is 1. The van der Waals surface area contributed by atoms with Gasteiger partial charge in [-0.1, -0.05) is 144 Å². The SMILES string of the molecule is CCCCCCCCC(CCCCCC)COC(=O)CCCCCCCCC(CCCCCC)OC(=O)OCCN(CCO)CCCN(CC)CC. The minimum atomic E-state index is -0.565. The lowest BCUT2D eigenvalue weighted by atomic mass is 9.95. The Bertz CT molecular complexity index is 765. The molecule has 0 bridgehead atoms. The molecule has 0 aliphatic heterocycles. The van der Waals surface area contributed by atoms with E-state index < -0.39 is 6.16 Å². The van der Waals surface area contributed by atoms with Gasteiger partial charge in [0.1, 0.15) is 12.7 Å². The van der Waals surface area contributed by atoms with Gasteiger partial charge in [-0.3, -0.25) is 9.69 Å². The van der Waals surface area contributed by atoms with Gasteiger partial charge in [0.05, 0.1) is 13.2 Å². The van der Waals surface area contributed by atoms with Gasteiger partial charge in [0.15, 0.2) is 0 Å². The van der Waals surface area contributed by atoms with Crippen LogP contribution >= 0.6 is 0 Å². The summed E-state index contributed by atoms with van der Waals surface area (Å²) in [4.78, 5) is 29.7. The van der Waals surface area contributed by atoms with Crippen LogP contribution in [-0.2, 0) is 19.0 Å². The molecule has 1 N–H and O–H groups in total. The molecule has 2 unspecified atom stereocenters. The Kier molecular flexibility index (Phi) is 38.3. The lowest BCUT2D eigenvalue weighted by molar-refractivity contribution is -0.145. The highest BCUT2D eigenvalue weighted by molar-refractivity contribution is 5.69. The molecule has 310 valence electrons. The van der Waals surface area contributed by atoms with Crippen molar-refractivity contribution in [2.75, 3.05) is 59.1 Å². The first-order valence-electron chi connectivity index (χ1n) is 22.5. The van der Waals surface area contributed by atoms with Crippen LogP contribution in [0.1, 0.15) is 202 Å². The van der Waals surface area contributed by atoms with E-state index in [4.69, 9.17) is 14.2 Å². The Morgan fingerprint density at radius 1 is 0.519 bits per heavy atom. The lowest BCUT2D eigenvalue weighted by Gasteiger charge is -2.24. The van der Waals surface area contributed by atoms with E-state index in [0.717, 1.165) is 96.8 Å². The fourth-order valence-electron chi connectivity index (χ4n) is 7.04. The van der Waals surface area contributed by atoms with Gasteiger partial charge in [-0.05, 0) is 83.5 Å². The standard InChI is InChI=1S/C44H88N2O6/c1-6-11-14-17-20-24-30-41(29-23-15-12-7-2)40-51-43(48)33-27-22-19-18-21-26-32-42(31-25-16-13-8-3)52-44(49)50-39-37-46(36-38-47)35-28-34-45(9-4)10-5/h41-42,47H,6-40H2,1-5H3. The number of esters is 1. The highest BCUT2D eigenvalue weighted by atomic mass is 16.7. The molecule has 2 atom stereocenters. The number of carbonyl (C=O) groups excluding carboxylic acids is 2. The molecular weight excluding hydrogens is 652 g/mol. The van der Waals surface area contributed by atoms with Gasteiger partial charge in [-0.25, -0.2) is 4.79 Å². The first kappa shape index (κ1) is 50.6. The molecule has 0 saturated carbocycles. The fourth-order valence-corrected chi connectivity index (χ4v) is 7.04. The molecule has 52 heavy (non-hydrogen) atoms. The van der Waals surface area contributed by atoms with Crippen molar-refractivity contribution in [3.05, 3.63) is 0 Å². The topological polar surface area (TPSA) is 88.5 Å². The van der Waals surface area contributed by atoms with E-state index >= 15 is 0 Å². The molecule has 0 aromatic carbocycles. The molecule has 0 fully saturated rings. The van der Waals surface area contributed by atoms with Crippen molar-refractivity contribution in [2.45, 2.75) is 208 Å². The summed E-state index contributed by atoms with van der Waals surface area (Å²) in [6.45, 7) is 17.2. The number of aliphatic hydroxyl groups excluding tert-OH is 1. The maximum absolute atomic E-state index is 12.6. The van der Waals surface area contributed by atoms with Crippen LogP contribution < -0.4 is 0 Å². The Morgan fingerprint density at radius 2 is 1.00 bits per heavy atom. The molecule has 0 aliphatic carbocycles. The monoisotopic (exact) mass is 741 g/mol. The zero-order chi connectivity index (χ0) is 38.3. The minimum absolute atomic E-state index is 0.0205. The number of rotatable bonds is 40. The molecule has 0 amide bonds. The van der Waals surface area contributed by atoms with Crippen LogP contribution in [0.15, 0.2) is 0 Å². The van der Waals surface area contributed by atoms with Crippen LogP contribution in [0.4, 0.5) is 4.79 Å². The minimum Gasteiger partial charge on any atom is -0.465 e. The third kappa shape index (κ3) is 33.2. The van der Waals surface area contributed by atoms with Gasteiger partial charge in [0.25, 0.3) is 0 Å². The van der Waals surface area contributed by atoms with Crippen LogP contribution in [0.3, 0.4) is 0 Å². The maximum Gasteiger partial charge on any atom is 0.508 e. The first-order valence-corrected chi connectivity index (χ1v) is 22.5. The van der Waals surface area contributed by atoms with E-state index in [9.17, 15) is 14.7 Å². The van der Waals surface area contributed by atoms with Crippen LogP contribution in [-0.4, -0.2) is 92.2 Å². The molecule has 8 nitrogen and oxygen atoms in total. The highest BCUT2D eigenvalue weighted by Gasteiger charge is 2.17. The predicted octanol–water partition coefficient (Wildman–Crippen LogP) is 11.5. The molecular formula is C44H88N2O6. The molecule has 8 heteroatoms. The fraction of sp³-hybridized carbons (Fsp3) is 0.955. The predicted molar refractivity (Wildman–Crippen MR) is 219 cm³/mol. The Labute approximate surface area is 322 Å². The summed E-state index contributed by atoms with van der Waals surface area (Å²) in [7, 11) is 0. The van der Waals surface area contributed by atoms with Crippen LogP contribution in [0, 0.1) is 5.92 Å². The zero-order valence-corrected chi connectivity index (χ0v) is 35.3. The van der Waals surface area contributed by atoms with Crippen molar-refractivity contribution in [2.24, 2.45) is 5.92 Å². The van der Waals surface area contributed by atoms with Crippen LogP contribution in [0.2, 0.25) is 0 Å².